The minimum Gasteiger partial charge on any atom is -0.302 e. The third-order valence-corrected chi connectivity index (χ3v) is 5.69. The van der Waals surface area contributed by atoms with Crippen LogP contribution >= 0.6 is 7.55 Å². The number of nitriles is 1. The molecule has 0 amide bonds. The first kappa shape index (κ1) is 21.2. The maximum Gasteiger partial charge on any atom is 0.304 e. The van der Waals surface area contributed by atoms with E-state index in [-0.39, 0.29) is 0 Å². The maximum atomic E-state index is 11.0. The van der Waals surface area contributed by atoms with Crippen LogP contribution in [-0.4, -0.2) is 110 Å². The molecule has 0 saturated carbocycles. The van der Waals surface area contributed by atoms with Gasteiger partial charge in [0.25, 0.3) is 0 Å². The lowest BCUT2D eigenvalue weighted by atomic mass is 10.3. The van der Waals surface area contributed by atoms with Crippen molar-refractivity contribution < 1.29 is 4.79 Å². The van der Waals surface area contributed by atoms with E-state index in [2.05, 4.69) is 45.6 Å². The summed E-state index contributed by atoms with van der Waals surface area (Å²) >= 11 is 0. The summed E-state index contributed by atoms with van der Waals surface area (Å²) in [5.74, 6) is 2.30. The second-order valence-electron chi connectivity index (χ2n) is 6.24. The Morgan fingerprint density at radius 1 is 0.917 bits per heavy atom. The number of aldehydes is 1. The number of nitrogens with zero attached hydrogens (tertiary/aromatic N) is 5. The van der Waals surface area contributed by atoms with E-state index >= 15 is 0 Å². The van der Waals surface area contributed by atoms with Crippen LogP contribution in [0.25, 0.3) is 0 Å². The molecule has 0 aliphatic carbocycles. The first-order valence-corrected chi connectivity index (χ1v) is 10.6. The van der Waals surface area contributed by atoms with Gasteiger partial charge in [0.1, 0.15) is 6.29 Å². The van der Waals surface area contributed by atoms with Gasteiger partial charge in [0, 0.05) is 52.4 Å². The summed E-state index contributed by atoms with van der Waals surface area (Å²) in [5, 5.41) is 9.08. The van der Waals surface area contributed by atoms with Gasteiger partial charge in [-0.3, -0.25) is 9.80 Å². The zero-order valence-corrected chi connectivity index (χ0v) is 16.3. The Hall–Kier alpha value is -0.830. The van der Waals surface area contributed by atoms with Crippen molar-refractivity contribution in [3.63, 3.8) is 0 Å². The van der Waals surface area contributed by atoms with E-state index in [1.807, 2.05) is 0 Å². The molecule has 1 saturated heterocycles. The molecule has 6 nitrogen and oxygen atoms in total. The number of likely N-dealkylation sites (N-methyl/N-ethyl adjacent to an activating group) is 2. The molecule has 1 unspecified atom stereocenters. The van der Waals surface area contributed by atoms with E-state index < -0.39 is 7.55 Å². The van der Waals surface area contributed by atoms with Crippen LogP contribution < -0.4 is 0 Å². The lowest BCUT2D eigenvalue weighted by Gasteiger charge is -2.32. The summed E-state index contributed by atoms with van der Waals surface area (Å²) in [6, 6.07) is 0. The van der Waals surface area contributed by atoms with E-state index in [1.54, 1.807) is 0 Å². The van der Waals surface area contributed by atoms with E-state index in [4.69, 9.17) is 5.26 Å². The van der Waals surface area contributed by atoms with Gasteiger partial charge < -0.3 is 14.6 Å². The van der Waals surface area contributed by atoms with Gasteiger partial charge in [-0.05, 0) is 13.1 Å². The van der Waals surface area contributed by atoms with Gasteiger partial charge in [-0.2, -0.15) is 0 Å². The first-order chi connectivity index (χ1) is 11.6. The Kier molecular flexibility index (Phi) is 11.1. The Morgan fingerprint density at radius 3 is 1.71 bits per heavy atom. The summed E-state index contributed by atoms with van der Waals surface area (Å²) in [4.78, 5) is 20.5. The summed E-state index contributed by atoms with van der Waals surface area (Å²) in [7, 11) is -0.833. The van der Waals surface area contributed by atoms with Crippen LogP contribution in [0.5, 0.6) is 0 Å². The fourth-order valence-electron chi connectivity index (χ4n) is 2.91. The molecule has 1 heterocycles. The molecule has 1 aliphatic heterocycles. The lowest BCUT2D eigenvalue weighted by Crippen LogP contribution is -2.46. The average Bonchev–Trinajstić information content (AvgIpc) is 2.59. The molecule has 1 aliphatic rings. The van der Waals surface area contributed by atoms with Crippen molar-refractivity contribution in [2.24, 2.45) is 0 Å². The molecular formula is C17H33N5OP+. The van der Waals surface area contributed by atoms with Gasteiger partial charge in [-0.15, -0.1) is 5.26 Å². The van der Waals surface area contributed by atoms with Gasteiger partial charge in [0.15, 0.2) is 6.29 Å². The van der Waals surface area contributed by atoms with Crippen molar-refractivity contribution in [2.45, 2.75) is 13.8 Å². The van der Waals surface area contributed by atoms with Gasteiger partial charge in [-0.25, -0.2) is 0 Å². The third kappa shape index (κ3) is 8.32. The fraction of sp³-hybridized carbons (Fsp3) is 0.824. The van der Waals surface area contributed by atoms with Crippen LogP contribution in [0.4, 0.5) is 0 Å². The predicted octanol–water partition coefficient (Wildman–Crippen LogP) is 0.799. The van der Waals surface area contributed by atoms with Crippen LogP contribution in [0.2, 0.25) is 0 Å². The van der Waals surface area contributed by atoms with Gasteiger partial charge in [-0.1, -0.05) is 13.8 Å². The zero-order valence-electron chi connectivity index (χ0n) is 15.4. The van der Waals surface area contributed by atoms with Crippen LogP contribution in [0.3, 0.4) is 0 Å². The largest absolute Gasteiger partial charge is 0.304 e. The molecular weight excluding hydrogens is 321 g/mol. The number of carbonyl (C=O) groups is 1. The number of hydrogen-bond acceptors (Lipinski definition) is 6. The number of carbonyl (C=O) groups excluding carboxylic acids is 1. The molecule has 0 radical (unpaired) electrons. The van der Waals surface area contributed by atoms with Crippen LogP contribution in [-0.2, 0) is 4.79 Å². The topological polar surface area (TPSA) is 53.8 Å². The van der Waals surface area contributed by atoms with Crippen molar-refractivity contribution in [3.8, 4) is 5.81 Å². The molecule has 0 aromatic rings. The van der Waals surface area contributed by atoms with Crippen molar-refractivity contribution in [3.05, 3.63) is 0 Å². The maximum absolute atomic E-state index is 11.0. The minimum absolute atomic E-state index is 0.490. The van der Waals surface area contributed by atoms with Crippen LogP contribution in [0, 0.1) is 11.1 Å². The minimum atomic E-state index is -0.833. The molecule has 0 aromatic carbocycles. The van der Waals surface area contributed by atoms with Crippen LogP contribution in [0.15, 0.2) is 0 Å². The highest BCUT2D eigenvalue weighted by molar-refractivity contribution is 7.60. The fourth-order valence-corrected chi connectivity index (χ4v) is 3.74. The molecule has 1 atom stereocenters. The summed E-state index contributed by atoms with van der Waals surface area (Å²) < 4.78 is 0. The molecule has 0 aromatic heterocycles. The Labute approximate surface area is 148 Å². The normalized spacial score (nSPS) is 21.5. The standard InChI is InChI=1S/C17H33N5OP/c1-4-19-6-7-20(5-2)9-12-22(17-24(3)16-18)13-11-21(10-8-19)14-15-23/h15H,3-14,17H2,1-2H3/q+1. The zero-order chi connectivity index (χ0) is 17.8. The van der Waals surface area contributed by atoms with Crippen molar-refractivity contribution in [1.29, 1.82) is 5.26 Å². The highest BCUT2D eigenvalue weighted by atomic mass is 31.1. The third-order valence-electron chi connectivity index (χ3n) is 4.67. The Morgan fingerprint density at radius 2 is 1.33 bits per heavy atom. The summed E-state index contributed by atoms with van der Waals surface area (Å²) in [5.41, 5.74) is 0. The average molecular weight is 354 g/mol. The second kappa shape index (κ2) is 12.5. The number of hydrogen-bond donors (Lipinski definition) is 0. The molecule has 24 heavy (non-hydrogen) atoms. The molecule has 7 heteroatoms. The lowest BCUT2D eigenvalue weighted by molar-refractivity contribution is -0.109. The highest BCUT2D eigenvalue weighted by Crippen LogP contribution is 2.18. The molecule has 0 bridgehead atoms. The van der Waals surface area contributed by atoms with Crippen molar-refractivity contribution >= 4 is 20.1 Å². The molecule has 0 N–H and O–H groups in total. The van der Waals surface area contributed by atoms with Crippen molar-refractivity contribution in [2.75, 3.05) is 78.3 Å². The van der Waals surface area contributed by atoms with E-state index in [9.17, 15) is 4.79 Å². The predicted molar refractivity (Wildman–Crippen MR) is 103 cm³/mol. The molecule has 1 fully saturated rings. The van der Waals surface area contributed by atoms with Gasteiger partial charge in [0.05, 0.1) is 12.8 Å². The second-order valence-corrected chi connectivity index (χ2v) is 7.80. The van der Waals surface area contributed by atoms with Crippen molar-refractivity contribution in [1.82, 2.24) is 19.6 Å². The first-order valence-electron chi connectivity index (χ1n) is 8.93. The Bertz CT molecular complexity index is 426. The van der Waals surface area contributed by atoms with E-state index in [0.29, 0.717) is 6.54 Å². The highest BCUT2D eigenvalue weighted by Gasteiger charge is 2.18. The van der Waals surface area contributed by atoms with E-state index in [0.717, 1.165) is 78.0 Å². The molecule has 0 spiro atoms. The smallest absolute Gasteiger partial charge is 0.302 e. The molecule has 1 rings (SSSR count). The van der Waals surface area contributed by atoms with E-state index in [1.165, 1.54) is 0 Å². The SMILES string of the molecule is C=[P+](C#N)CN1CCN(CC)CCN(CC)CCN(CC=O)CC1. The van der Waals surface area contributed by atoms with Crippen LogP contribution in [0.1, 0.15) is 13.8 Å². The van der Waals surface area contributed by atoms with Gasteiger partial charge in [0.2, 0.25) is 7.55 Å². The monoisotopic (exact) mass is 354 g/mol. The Balaban J connectivity index is 2.74. The number of rotatable bonds is 6. The summed E-state index contributed by atoms with van der Waals surface area (Å²) in [6.45, 7) is 14.8. The molecule has 136 valence electrons. The quantitative estimate of drug-likeness (QED) is 0.520. The summed E-state index contributed by atoms with van der Waals surface area (Å²) in [6.07, 6.45) is 5.73. The van der Waals surface area contributed by atoms with Gasteiger partial charge >= 0.3 is 5.81 Å².